The lowest BCUT2D eigenvalue weighted by Gasteiger charge is -2.22. The Bertz CT molecular complexity index is 429. The van der Waals surface area contributed by atoms with Gasteiger partial charge in [0.25, 0.3) is 0 Å². The topological polar surface area (TPSA) is 38.7 Å². The van der Waals surface area contributed by atoms with Crippen molar-refractivity contribution in [2.45, 2.75) is 18.9 Å². The Kier molecular flexibility index (Phi) is 3.92. The molecule has 1 aliphatic rings. The van der Waals surface area contributed by atoms with Crippen LogP contribution in [0.5, 0.6) is 5.75 Å². The van der Waals surface area contributed by atoms with Gasteiger partial charge in [-0.05, 0) is 31.1 Å². The summed E-state index contributed by atoms with van der Waals surface area (Å²) in [7, 11) is 1.55. The fourth-order valence-electron chi connectivity index (χ4n) is 1.87. The van der Waals surface area contributed by atoms with Gasteiger partial charge >= 0.3 is 0 Å². The lowest BCUT2D eigenvalue weighted by molar-refractivity contribution is 0.0903. The minimum absolute atomic E-state index is 0.479. The zero-order valence-electron chi connectivity index (χ0n) is 9.65. The van der Waals surface area contributed by atoms with Gasteiger partial charge in [0, 0.05) is 5.56 Å². The van der Waals surface area contributed by atoms with Crippen molar-refractivity contribution in [2.75, 3.05) is 13.7 Å². The molecule has 0 aromatic heterocycles. The normalized spacial score (nSPS) is 17.0. The predicted molar refractivity (Wildman–Crippen MR) is 66.2 cm³/mol. The SMILES string of the molecule is COc1cccc(Cl)c1C(O)C1=CCCCO1. The molecule has 1 heterocycles. The van der Waals surface area contributed by atoms with Crippen molar-refractivity contribution < 1.29 is 14.6 Å². The van der Waals surface area contributed by atoms with Gasteiger partial charge < -0.3 is 14.6 Å². The molecule has 1 aromatic carbocycles. The number of aliphatic hydroxyl groups excluding tert-OH is 1. The number of benzene rings is 1. The minimum atomic E-state index is -0.862. The van der Waals surface area contributed by atoms with Gasteiger partial charge in [-0.1, -0.05) is 17.7 Å². The smallest absolute Gasteiger partial charge is 0.141 e. The van der Waals surface area contributed by atoms with E-state index in [9.17, 15) is 5.11 Å². The van der Waals surface area contributed by atoms with Crippen LogP contribution in [0.4, 0.5) is 0 Å². The number of ether oxygens (including phenoxy) is 2. The molecular formula is C13H15ClO3. The number of hydrogen-bond acceptors (Lipinski definition) is 3. The van der Waals surface area contributed by atoms with Gasteiger partial charge in [0.1, 0.15) is 17.6 Å². The molecule has 0 bridgehead atoms. The number of rotatable bonds is 3. The summed E-state index contributed by atoms with van der Waals surface area (Å²) in [5.74, 6) is 1.13. The summed E-state index contributed by atoms with van der Waals surface area (Å²) in [5.41, 5.74) is 0.560. The van der Waals surface area contributed by atoms with Crippen LogP contribution in [0.2, 0.25) is 5.02 Å². The van der Waals surface area contributed by atoms with Crippen molar-refractivity contribution in [3.05, 3.63) is 40.6 Å². The Balaban J connectivity index is 2.35. The van der Waals surface area contributed by atoms with Crippen LogP contribution in [0, 0.1) is 0 Å². The predicted octanol–water partition coefficient (Wildman–Crippen LogP) is 3.08. The van der Waals surface area contributed by atoms with Gasteiger partial charge in [-0.25, -0.2) is 0 Å². The fourth-order valence-corrected chi connectivity index (χ4v) is 2.14. The molecule has 0 fully saturated rings. The summed E-state index contributed by atoms with van der Waals surface area (Å²) in [6.07, 6.45) is 2.94. The van der Waals surface area contributed by atoms with E-state index in [2.05, 4.69) is 0 Å². The van der Waals surface area contributed by atoms with Gasteiger partial charge in [-0.2, -0.15) is 0 Å². The van der Waals surface area contributed by atoms with Crippen LogP contribution in [0.15, 0.2) is 30.0 Å². The van der Waals surface area contributed by atoms with Crippen molar-refractivity contribution in [3.63, 3.8) is 0 Å². The van der Waals surface area contributed by atoms with Gasteiger partial charge in [0.2, 0.25) is 0 Å². The quantitative estimate of drug-likeness (QED) is 0.901. The van der Waals surface area contributed by atoms with Gasteiger partial charge in [-0.15, -0.1) is 0 Å². The Hall–Kier alpha value is -1.19. The van der Waals surface area contributed by atoms with E-state index in [4.69, 9.17) is 21.1 Å². The summed E-state index contributed by atoms with van der Waals surface area (Å²) in [6, 6.07) is 5.29. The monoisotopic (exact) mass is 254 g/mol. The second-order valence-corrected chi connectivity index (χ2v) is 4.26. The van der Waals surface area contributed by atoms with Crippen LogP contribution in [0.1, 0.15) is 24.5 Å². The van der Waals surface area contributed by atoms with E-state index in [-0.39, 0.29) is 0 Å². The van der Waals surface area contributed by atoms with E-state index in [1.54, 1.807) is 25.3 Å². The summed E-state index contributed by atoms with van der Waals surface area (Å²) < 4.78 is 10.7. The Labute approximate surface area is 106 Å². The zero-order chi connectivity index (χ0) is 12.3. The second kappa shape index (κ2) is 5.43. The van der Waals surface area contributed by atoms with E-state index in [1.807, 2.05) is 6.08 Å². The highest BCUT2D eigenvalue weighted by Crippen LogP contribution is 2.36. The maximum absolute atomic E-state index is 10.3. The molecule has 3 nitrogen and oxygen atoms in total. The summed E-state index contributed by atoms with van der Waals surface area (Å²) in [5, 5.41) is 10.8. The summed E-state index contributed by atoms with van der Waals surface area (Å²) in [6.45, 7) is 0.635. The Morgan fingerprint density at radius 2 is 2.29 bits per heavy atom. The Morgan fingerprint density at radius 3 is 2.94 bits per heavy atom. The third-order valence-corrected chi connectivity index (χ3v) is 3.07. The van der Waals surface area contributed by atoms with Gasteiger partial charge in [0.15, 0.2) is 0 Å². The molecule has 17 heavy (non-hydrogen) atoms. The summed E-state index contributed by atoms with van der Waals surface area (Å²) in [4.78, 5) is 0. The van der Waals surface area contributed by atoms with Crippen LogP contribution >= 0.6 is 11.6 Å². The maximum Gasteiger partial charge on any atom is 0.141 e. The first-order valence-electron chi connectivity index (χ1n) is 5.57. The molecule has 0 amide bonds. The maximum atomic E-state index is 10.3. The van der Waals surface area contributed by atoms with Crippen molar-refractivity contribution in [3.8, 4) is 5.75 Å². The van der Waals surface area contributed by atoms with E-state index < -0.39 is 6.10 Å². The van der Waals surface area contributed by atoms with Crippen molar-refractivity contribution >= 4 is 11.6 Å². The Morgan fingerprint density at radius 1 is 1.47 bits per heavy atom. The highest BCUT2D eigenvalue weighted by atomic mass is 35.5. The lowest BCUT2D eigenvalue weighted by atomic mass is 10.0. The van der Waals surface area contributed by atoms with Crippen LogP contribution in [-0.4, -0.2) is 18.8 Å². The fraction of sp³-hybridized carbons (Fsp3) is 0.385. The van der Waals surface area contributed by atoms with E-state index in [1.165, 1.54) is 0 Å². The first-order valence-corrected chi connectivity index (χ1v) is 5.95. The lowest BCUT2D eigenvalue weighted by Crippen LogP contribution is -2.11. The molecule has 0 radical (unpaired) electrons. The molecule has 1 aliphatic heterocycles. The molecular weight excluding hydrogens is 240 g/mol. The standard InChI is InChI=1S/C13H15ClO3/c1-16-10-7-4-5-9(14)12(10)13(15)11-6-2-3-8-17-11/h4-7,13,15H,2-3,8H2,1H3. The second-order valence-electron chi connectivity index (χ2n) is 3.86. The first-order chi connectivity index (χ1) is 8.24. The van der Waals surface area contributed by atoms with Crippen LogP contribution in [0.3, 0.4) is 0 Å². The van der Waals surface area contributed by atoms with Crippen molar-refractivity contribution in [1.82, 2.24) is 0 Å². The molecule has 4 heteroatoms. The highest BCUT2D eigenvalue weighted by Gasteiger charge is 2.23. The molecule has 92 valence electrons. The molecule has 2 rings (SSSR count). The van der Waals surface area contributed by atoms with Gasteiger partial charge in [0.05, 0.1) is 18.7 Å². The number of allylic oxidation sites excluding steroid dienone is 1. The molecule has 1 N–H and O–H groups in total. The zero-order valence-corrected chi connectivity index (χ0v) is 10.4. The number of halogens is 1. The van der Waals surface area contributed by atoms with E-state index in [0.717, 1.165) is 12.8 Å². The minimum Gasteiger partial charge on any atom is -0.496 e. The number of methoxy groups -OCH3 is 1. The molecule has 0 spiro atoms. The average molecular weight is 255 g/mol. The van der Waals surface area contributed by atoms with Crippen molar-refractivity contribution in [1.29, 1.82) is 0 Å². The van der Waals surface area contributed by atoms with E-state index >= 15 is 0 Å². The third-order valence-electron chi connectivity index (χ3n) is 2.74. The van der Waals surface area contributed by atoms with Crippen LogP contribution in [0.25, 0.3) is 0 Å². The van der Waals surface area contributed by atoms with E-state index in [0.29, 0.717) is 28.7 Å². The molecule has 0 saturated heterocycles. The number of aliphatic hydroxyl groups is 1. The van der Waals surface area contributed by atoms with Crippen molar-refractivity contribution in [2.24, 2.45) is 0 Å². The average Bonchev–Trinajstić information content (AvgIpc) is 2.38. The first kappa shape index (κ1) is 12.3. The molecule has 1 unspecified atom stereocenters. The number of hydrogen-bond donors (Lipinski definition) is 1. The molecule has 0 aliphatic carbocycles. The highest BCUT2D eigenvalue weighted by molar-refractivity contribution is 6.31. The van der Waals surface area contributed by atoms with Crippen LogP contribution < -0.4 is 4.74 Å². The van der Waals surface area contributed by atoms with Gasteiger partial charge in [-0.3, -0.25) is 0 Å². The molecule has 1 atom stereocenters. The van der Waals surface area contributed by atoms with Crippen LogP contribution in [-0.2, 0) is 4.74 Å². The summed E-state index contributed by atoms with van der Waals surface area (Å²) >= 11 is 6.10. The largest absolute Gasteiger partial charge is 0.496 e. The molecule has 0 saturated carbocycles. The molecule has 1 aromatic rings. The third kappa shape index (κ3) is 2.56.